The van der Waals surface area contributed by atoms with Crippen LogP contribution >= 0.6 is 0 Å². The molecule has 18 heavy (non-hydrogen) atoms. The number of ether oxygens (including phenoxy) is 1. The number of rotatable bonds is 5. The lowest BCUT2D eigenvalue weighted by Crippen LogP contribution is -2.20. The second-order valence-electron chi connectivity index (χ2n) is 5.77. The van der Waals surface area contributed by atoms with E-state index in [1.165, 1.54) is 24.5 Å². The summed E-state index contributed by atoms with van der Waals surface area (Å²) < 4.78 is 5.06. The van der Waals surface area contributed by atoms with Crippen LogP contribution in [0.5, 0.6) is 0 Å². The molecule has 0 aliphatic heterocycles. The van der Waals surface area contributed by atoms with Crippen LogP contribution in [0.4, 0.5) is 0 Å². The summed E-state index contributed by atoms with van der Waals surface area (Å²) >= 11 is 0. The Hall–Kier alpha value is -1.05. The van der Waals surface area contributed by atoms with Crippen molar-refractivity contribution in [3.63, 3.8) is 0 Å². The maximum Gasteiger partial charge on any atom is 0.302 e. The van der Waals surface area contributed by atoms with Crippen molar-refractivity contribution in [1.29, 1.82) is 0 Å². The van der Waals surface area contributed by atoms with Gasteiger partial charge in [0, 0.05) is 6.92 Å². The summed E-state index contributed by atoms with van der Waals surface area (Å²) in [6.45, 7) is 10.9. The SMILES string of the molecule is CC/C(=C\C[C@H]1CC=C(C)C1(C)C)COC(C)=O. The number of hydrogen-bond acceptors (Lipinski definition) is 2. The van der Waals surface area contributed by atoms with Gasteiger partial charge >= 0.3 is 5.97 Å². The fraction of sp³-hybridized carbons (Fsp3) is 0.688. The second kappa shape index (κ2) is 6.21. The average molecular weight is 250 g/mol. The smallest absolute Gasteiger partial charge is 0.302 e. The van der Waals surface area contributed by atoms with Crippen LogP contribution in [0.15, 0.2) is 23.3 Å². The molecule has 1 rings (SSSR count). The van der Waals surface area contributed by atoms with Gasteiger partial charge in [0.1, 0.15) is 6.61 Å². The highest BCUT2D eigenvalue weighted by atomic mass is 16.5. The van der Waals surface area contributed by atoms with Gasteiger partial charge in [-0.3, -0.25) is 4.79 Å². The van der Waals surface area contributed by atoms with E-state index in [0.717, 1.165) is 12.8 Å². The predicted octanol–water partition coefficient (Wildman–Crippen LogP) is 4.27. The summed E-state index contributed by atoms with van der Waals surface area (Å²) in [6.07, 6.45) is 7.82. The number of hydrogen-bond donors (Lipinski definition) is 0. The Morgan fingerprint density at radius 2 is 2.22 bits per heavy atom. The first-order chi connectivity index (χ1) is 8.37. The first-order valence-corrected chi connectivity index (χ1v) is 6.86. The number of carbonyl (C=O) groups is 1. The number of allylic oxidation sites excluding steroid dienone is 3. The second-order valence-corrected chi connectivity index (χ2v) is 5.77. The van der Waals surface area contributed by atoms with Crippen molar-refractivity contribution in [2.75, 3.05) is 6.61 Å². The van der Waals surface area contributed by atoms with Crippen LogP contribution in [0, 0.1) is 11.3 Å². The molecule has 102 valence electrons. The molecule has 1 atom stereocenters. The highest BCUT2D eigenvalue weighted by Gasteiger charge is 2.33. The van der Waals surface area contributed by atoms with Crippen LogP contribution in [0.25, 0.3) is 0 Å². The van der Waals surface area contributed by atoms with Crippen LogP contribution in [0.2, 0.25) is 0 Å². The van der Waals surface area contributed by atoms with Crippen molar-refractivity contribution in [2.24, 2.45) is 11.3 Å². The quantitative estimate of drug-likeness (QED) is 0.538. The summed E-state index contributed by atoms with van der Waals surface area (Å²) in [5, 5.41) is 0. The van der Waals surface area contributed by atoms with Gasteiger partial charge in [0.2, 0.25) is 0 Å². The molecule has 0 unspecified atom stereocenters. The molecular formula is C16H26O2. The van der Waals surface area contributed by atoms with Crippen LogP contribution in [0.3, 0.4) is 0 Å². The van der Waals surface area contributed by atoms with Crippen LogP contribution in [-0.4, -0.2) is 12.6 Å². The van der Waals surface area contributed by atoms with Crippen molar-refractivity contribution in [3.8, 4) is 0 Å². The highest BCUT2D eigenvalue weighted by Crippen LogP contribution is 2.44. The first-order valence-electron chi connectivity index (χ1n) is 6.86. The Morgan fingerprint density at radius 3 is 2.67 bits per heavy atom. The molecule has 0 amide bonds. The molecule has 0 saturated carbocycles. The van der Waals surface area contributed by atoms with Gasteiger partial charge in [-0.25, -0.2) is 0 Å². The van der Waals surface area contributed by atoms with Crippen LogP contribution in [0.1, 0.15) is 53.9 Å². The minimum Gasteiger partial charge on any atom is -0.461 e. The summed E-state index contributed by atoms with van der Waals surface area (Å²) in [4.78, 5) is 10.8. The topological polar surface area (TPSA) is 26.3 Å². The Kier molecular flexibility index (Phi) is 5.18. The zero-order valence-electron chi connectivity index (χ0n) is 12.4. The van der Waals surface area contributed by atoms with Crippen LogP contribution < -0.4 is 0 Å². The molecule has 0 spiro atoms. The average Bonchev–Trinajstić information content (AvgIpc) is 2.55. The van der Waals surface area contributed by atoms with Crippen molar-refractivity contribution >= 4 is 5.97 Å². The van der Waals surface area contributed by atoms with E-state index < -0.39 is 0 Å². The minimum atomic E-state index is -0.201. The molecule has 1 aliphatic rings. The zero-order valence-corrected chi connectivity index (χ0v) is 12.4. The van der Waals surface area contributed by atoms with Gasteiger partial charge < -0.3 is 4.74 Å². The van der Waals surface area contributed by atoms with Gasteiger partial charge in [-0.1, -0.05) is 38.5 Å². The van der Waals surface area contributed by atoms with E-state index in [-0.39, 0.29) is 5.97 Å². The van der Waals surface area contributed by atoms with Gasteiger partial charge in [-0.15, -0.1) is 0 Å². The third-order valence-electron chi connectivity index (χ3n) is 4.35. The Bertz CT molecular complexity index is 361. The number of carbonyl (C=O) groups excluding carboxylic acids is 1. The first kappa shape index (κ1) is 15.0. The zero-order chi connectivity index (χ0) is 13.8. The molecule has 2 heteroatoms. The van der Waals surface area contributed by atoms with Gasteiger partial charge in [0.15, 0.2) is 0 Å². The molecule has 0 aromatic heterocycles. The lowest BCUT2D eigenvalue weighted by atomic mass is 9.76. The van der Waals surface area contributed by atoms with E-state index >= 15 is 0 Å². The molecule has 0 heterocycles. The van der Waals surface area contributed by atoms with E-state index in [0.29, 0.717) is 17.9 Å². The van der Waals surface area contributed by atoms with Gasteiger partial charge in [0.25, 0.3) is 0 Å². The monoisotopic (exact) mass is 250 g/mol. The fourth-order valence-electron chi connectivity index (χ4n) is 2.40. The molecule has 0 saturated heterocycles. The molecule has 0 aromatic carbocycles. The molecule has 0 N–H and O–H groups in total. The standard InChI is InChI=1S/C16H26O2/c1-6-14(11-18-13(3)17)8-10-15-9-7-12(2)16(15,4)5/h7-8,15H,6,9-11H2,1-5H3/b14-8+/t15-/m1/s1. The predicted molar refractivity (Wildman–Crippen MR) is 75.3 cm³/mol. The normalized spacial score (nSPS) is 22.8. The molecule has 0 aromatic rings. The summed E-state index contributed by atoms with van der Waals surface area (Å²) in [5.41, 5.74) is 3.03. The highest BCUT2D eigenvalue weighted by molar-refractivity contribution is 5.66. The molecule has 0 fully saturated rings. The van der Waals surface area contributed by atoms with Crippen molar-refractivity contribution in [2.45, 2.75) is 53.9 Å². The van der Waals surface area contributed by atoms with Crippen LogP contribution in [-0.2, 0) is 9.53 Å². The van der Waals surface area contributed by atoms with E-state index in [2.05, 4.69) is 39.8 Å². The molecule has 0 bridgehead atoms. The van der Waals surface area contributed by atoms with Crippen molar-refractivity contribution in [1.82, 2.24) is 0 Å². The van der Waals surface area contributed by atoms with E-state index in [1.807, 2.05) is 0 Å². The largest absolute Gasteiger partial charge is 0.461 e. The third kappa shape index (κ3) is 3.72. The molecule has 2 nitrogen and oxygen atoms in total. The number of esters is 1. The van der Waals surface area contributed by atoms with Gasteiger partial charge in [-0.05, 0) is 43.1 Å². The summed E-state index contributed by atoms with van der Waals surface area (Å²) in [7, 11) is 0. The molecule has 1 aliphatic carbocycles. The molecular weight excluding hydrogens is 224 g/mol. The maximum absolute atomic E-state index is 10.8. The minimum absolute atomic E-state index is 0.201. The Morgan fingerprint density at radius 1 is 1.56 bits per heavy atom. The Balaban J connectivity index is 2.54. The lowest BCUT2D eigenvalue weighted by molar-refractivity contribution is -0.140. The maximum atomic E-state index is 10.8. The van der Waals surface area contributed by atoms with Crippen molar-refractivity contribution < 1.29 is 9.53 Å². The van der Waals surface area contributed by atoms with E-state index in [4.69, 9.17) is 4.74 Å². The summed E-state index contributed by atoms with van der Waals surface area (Å²) in [5.74, 6) is 0.476. The molecule has 0 radical (unpaired) electrons. The van der Waals surface area contributed by atoms with Crippen molar-refractivity contribution in [3.05, 3.63) is 23.3 Å². The lowest BCUT2D eigenvalue weighted by Gasteiger charge is -2.29. The van der Waals surface area contributed by atoms with Gasteiger partial charge in [0.05, 0.1) is 0 Å². The third-order valence-corrected chi connectivity index (χ3v) is 4.35. The van der Waals surface area contributed by atoms with Gasteiger partial charge in [-0.2, -0.15) is 0 Å². The fourth-order valence-corrected chi connectivity index (χ4v) is 2.40. The summed E-state index contributed by atoms with van der Waals surface area (Å²) in [6, 6.07) is 0. The van der Waals surface area contributed by atoms with E-state index in [1.54, 1.807) is 0 Å². The van der Waals surface area contributed by atoms with E-state index in [9.17, 15) is 4.79 Å². The Labute approximate surface area is 111 Å².